The third-order valence-corrected chi connectivity index (χ3v) is 5.03. The molecule has 2 aromatic rings. The van der Waals surface area contributed by atoms with Gasteiger partial charge >= 0.3 is 0 Å². The van der Waals surface area contributed by atoms with E-state index < -0.39 is 46.0 Å². The smallest absolute Gasteiger partial charge is 0.295 e. The van der Waals surface area contributed by atoms with Crippen molar-refractivity contribution in [2.45, 2.75) is 37.0 Å². The van der Waals surface area contributed by atoms with Crippen LogP contribution in [-0.2, 0) is 14.9 Å². The fourth-order valence-corrected chi connectivity index (χ4v) is 3.45. The van der Waals surface area contributed by atoms with Gasteiger partial charge in [-0.1, -0.05) is 0 Å². The molecule has 0 bridgehead atoms. The van der Waals surface area contributed by atoms with Gasteiger partial charge in [-0.15, -0.1) is 0 Å². The SMILES string of the molecule is Cc1cc(-c2ncc(O[C@@H]3OC(S(=O)(=O)O)[C@@H](O)[C@H](O)[C@H]3O)cc2F)ccn1. The second-order valence-corrected chi connectivity index (χ2v) is 7.66. The Morgan fingerprint density at radius 2 is 1.86 bits per heavy atom. The van der Waals surface area contributed by atoms with Crippen LogP contribution >= 0.6 is 0 Å². The topological polar surface area (TPSA) is 159 Å². The highest BCUT2D eigenvalue weighted by molar-refractivity contribution is 7.86. The molecule has 12 heteroatoms. The lowest BCUT2D eigenvalue weighted by Gasteiger charge is -2.38. The second-order valence-electron chi connectivity index (χ2n) is 6.16. The number of halogens is 1. The molecule has 0 radical (unpaired) electrons. The number of aliphatic hydroxyl groups is 3. The molecule has 1 saturated heterocycles. The lowest BCUT2D eigenvalue weighted by atomic mass is 10.1. The molecular weight excluding hydrogens is 399 g/mol. The van der Waals surface area contributed by atoms with E-state index in [4.69, 9.17) is 14.0 Å². The van der Waals surface area contributed by atoms with Crippen LogP contribution in [0.5, 0.6) is 5.75 Å². The number of nitrogens with zero attached hydrogens (tertiary/aromatic N) is 2. The molecule has 0 spiro atoms. The van der Waals surface area contributed by atoms with Gasteiger partial charge < -0.3 is 24.8 Å². The van der Waals surface area contributed by atoms with Crippen LogP contribution in [0.2, 0.25) is 0 Å². The normalized spacial score (nSPS) is 28.1. The molecule has 0 aromatic carbocycles. The fourth-order valence-electron chi connectivity index (χ4n) is 2.69. The Kier molecular flexibility index (Phi) is 5.61. The Morgan fingerprint density at radius 1 is 1.14 bits per heavy atom. The summed E-state index contributed by atoms with van der Waals surface area (Å²) in [6, 6.07) is 4.10. The summed E-state index contributed by atoms with van der Waals surface area (Å²) in [4.78, 5) is 7.94. The van der Waals surface area contributed by atoms with Gasteiger partial charge in [0.05, 0.1) is 6.20 Å². The van der Waals surface area contributed by atoms with Crippen LogP contribution in [0.4, 0.5) is 4.39 Å². The first kappa shape index (κ1) is 20.5. The van der Waals surface area contributed by atoms with Gasteiger partial charge in [-0.2, -0.15) is 8.42 Å². The van der Waals surface area contributed by atoms with Gasteiger partial charge in [0, 0.05) is 23.5 Å². The van der Waals surface area contributed by atoms with Gasteiger partial charge in [-0.3, -0.25) is 9.54 Å². The summed E-state index contributed by atoms with van der Waals surface area (Å²) in [5.74, 6) is -1.02. The van der Waals surface area contributed by atoms with Crippen molar-refractivity contribution in [1.82, 2.24) is 9.97 Å². The van der Waals surface area contributed by atoms with E-state index in [1.165, 1.54) is 6.20 Å². The molecule has 3 heterocycles. The predicted molar refractivity (Wildman–Crippen MR) is 91.0 cm³/mol. The highest BCUT2D eigenvalue weighted by atomic mass is 32.2. The number of aryl methyl sites for hydroxylation is 1. The Balaban J connectivity index is 1.84. The minimum Gasteiger partial charge on any atom is -0.460 e. The van der Waals surface area contributed by atoms with Crippen molar-refractivity contribution >= 4 is 10.1 Å². The molecule has 0 amide bonds. The minimum atomic E-state index is -4.93. The fraction of sp³-hybridized carbons (Fsp3) is 0.375. The molecule has 5 atom stereocenters. The maximum atomic E-state index is 14.4. The van der Waals surface area contributed by atoms with E-state index in [9.17, 15) is 28.1 Å². The number of rotatable bonds is 4. The van der Waals surface area contributed by atoms with Crippen LogP contribution in [-0.4, -0.2) is 68.3 Å². The number of hydrogen-bond acceptors (Lipinski definition) is 9. The molecule has 1 aliphatic rings. The van der Waals surface area contributed by atoms with Crippen LogP contribution in [0.3, 0.4) is 0 Å². The molecule has 4 N–H and O–H groups in total. The van der Waals surface area contributed by atoms with Crippen LogP contribution < -0.4 is 4.74 Å². The van der Waals surface area contributed by atoms with E-state index >= 15 is 0 Å². The van der Waals surface area contributed by atoms with Crippen molar-refractivity contribution in [3.05, 3.63) is 42.1 Å². The minimum absolute atomic E-state index is 0.00855. The zero-order valence-electron chi connectivity index (χ0n) is 14.4. The molecule has 28 heavy (non-hydrogen) atoms. The molecule has 2 aromatic heterocycles. The summed E-state index contributed by atoms with van der Waals surface area (Å²) in [5, 5.41) is 29.3. The van der Waals surface area contributed by atoms with Crippen molar-refractivity contribution in [2.75, 3.05) is 0 Å². The number of ether oxygens (including phenoxy) is 2. The average molecular weight is 416 g/mol. The Bertz CT molecular complexity index is 973. The third kappa shape index (κ3) is 4.11. The maximum absolute atomic E-state index is 14.4. The van der Waals surface area contributed by atoms with Crippen molar-refractivity contribution in [3.8, 4) is 17.0 Å². The lowest BCUT2D eigenvalue weighted by molar-refractivity contribution is -0.254. The highest BCUT2D eigenvalue weighted by Gasteiger charge is 2.50. The van der Waals surface area contributed by atoms with E-state index in [-0.39, 0.29) is 11.4 Å². The van der Waals surface area contributed by atoms with Gasteiger partial charge in [0.25, 0.3) is 10.1 Å². The monoisotopic (exact) mass is 416 g/mol. The van der Waals surface area contributed by atoms with E-state index in [2.05, 4.69) is 9.97 Å². The molecule has 1 fully saturated rings. The first-order chi connectivity index (χ1) is 13.1. The average Bonchev–Trinajstić information content (AvgIpc) is 2.61. The van der Waals surface area contributed by atoms with Crippen molar-refractivity contribution < 1.29 is 42.2 Å². The molecule has 152 valence electrons. The number of aromatic nitrogens is 2. The third-order valence-electron chi connectivity index (χ3n) is 4.06. The van der Waals surface area contributed by atoms with E-state index in [0.717, 1.165) is 12.3 Å². The number of hydrogen-bond donors (Lipinski definition) is 4. The van der Waals surface area contributed by atoms with E-state index in [1.54, 1.807) is 19.1 Å². The highest BCUT2D eigenvalue weighted by Crippen LogP contribution is 2.28. The summed E-state index contributed by atoms with van der Waals surface area (Å²) in [5.41, 5.74) is -1.13. The Morgan fingerprint density at radius 3 is 2.46 bits per heavy atom. The molecule has 10 nitrogen and oxygen atoms in total. The van der Waals surface area contributed by atoms with Crippen LogP contribution in [0, 0.1) is 12.7 Å². The van der Waals surface area contributed by atoms with Crippen LogP contribution in [0.1, 0.15) is 5.69 Å². The van der Waals surface area contributed by atoms with Gasteiger partial charge in [0.15, 0.2) is 5.82 Å². The van der Waals surface area contributed by atoms with E-state index in [1.807, 2.05) is 0 Å². The Labute approximate surface area is 159 Å². The van der Waals surface area contributed by atoms with Gasteiger partial charge in [0.1, 0.15) is 29.8 Å². The maximum Gasteiger partial charge on any atom is 0.295 e. The molecule has 3 rings (SSSR count). The van der Waals surface area contributed by atoms with Gasteiger partial charge in [0.2, 0.25) is 11.7 Å². The summed E-state index contributed by atoms with van der Waals surface area (Å²) in [6.45, 7) is 1.73. The molecular formula is C16H17FN2O8S. The first-order valence-electron chi connectivity index (χ1n) is 7.99. The number of aliphatic hydroxyl groups excluding tert-OH is 3. The lowest BCUT2D eigenvalue weighted by Crippen LogP contribution is -2.61. The van der Waals surface area contributed by atoms with Gasteiger partial charge in [-0.25, -0.2) is 9.37 Å². The van der Waals surface area contributed by atoms with Crippen LogP contribution in [0.25, 0.3) is 11.3 Å². The summed E-state index contributed by atoms with van der Waals surface area (Å²) >= 11 is 0. The molecule has 1 aliphatic heterocycles. The summed E-state index contributed by atoms with van der Waals surface area (Å²) < 4.78 is 56.1. The second kappa shape index (κ2) is 7.66. The standard InChI is InChI=1S/C16H17FN2O8S/c1-7-4-8(2-3-18-7)11-10(17)5-9(6-19-11)26-15-13(21)12(20)14(22)16(27-15)28(23,24)25/h2-6,12-16,20-22H,1H3,(H,23,24,25)/t12-,13-,14+,15-,16?/m1/s1. The predicted octanol–water partition coefficient (Wildman–Crippen LogP) is -0.377. The number of pyridine rings is 2. The largest absolute Gasteiger partial charge is 0.460 e. The van der Waals surface area contributed by atoms with Crippen molar-refractivity contribution in [2.24, 2.45) is 0 Å². The van der Waals surface area contributed by atoms with Gasteiger partial charge in [-0.05, 0) is 19.1 Å². The summed E-state index contributed by atoms with van der Waals surface area (Å²) in [7, 11) is -4.93. The van der Waals surface area contributed by atoms with E-state index in [0.29, 0.717) is 11.3 Å². The Hall–Kier alpha value is -2.22. The van der Waals surface area contributed by atoms with Crippen LogP contribution in [0.15, 0.2) is 30.6 Å². The first-order valence-corrected chi connectivity index (χ1v) is 9.49. The molecule has 0 saturated carbocycles. The zero-order chi connectivity index (χ0) is 20.6. The van der Waals surface area contributed by atoms with Crippen molar-refractivity contribution in [3.63, 3.8) is 0 Å². The quantitative estimate of drug-likeness (QED) is 0.484. The van der Waals surface area contributed by atoms with Crippen molar-refractivity contribution in [1.29, 1.82) is 0 Å². The molecule has 1 unspecified atom stereocenters. The summed E-state index contributed by atoms with van der Waals surface area (Å²) in [6.07, 6.45) is -5.21. The molecule has 0 aliphatic carbocycles. The zero-order valence-corrected chi connectivity index (χ0v) is 15.2.